The minimum absolute atomic E-state index is 0.364. The first-order valence-corrected chi connectivity index (χ1v) is 5.84. The van der Waals surface area contributed by atoms with Crippen molar-refractivity contribution in [2.45, 2.75) is 5.92 Å². The minimum Gasteiger partial charge on any atom is -0.480 e. The van der Waals surface area contributed by atoms with Crippen LogP contribution < -0.4 is 0 Å². The average Bonchev–Trinajstić information content (AvgIpc) is 2.40. The number of hydrogen-bond acceptors (Lipinski definition) is 3. The average molecular weight is 249 g/mol. The molecule has 0 saturated carbocycles. The van der Waals surface area contributed by atoms with E-state index in [0.717, 1.165) is 0 Å². The van der Waals surface area contributed by atoms with Crippen LogP contribution in [0.25, 0.3) is 0 Å². The van der Waals surface area contributed by atoms with Crippen LogP contribution in [0, 0.1) is 0 Å². The van der Waals surface area contributed by atoms with Crippen molar-refractivity contribution in [3.05, 3.63) is 35.9 Å². The van der Waals surface area contributed by atoms with Gasteiger partial charge < -0.3 is 14.7 Å². The summed E-state index contributed by atoms with van der Waals surface area (Å²) >= 11 is 0. The maximum Gasteiger partial charge on any atom is 0.320 e. The maximum absolute atomic E-state index is 12.2. The zero-order valence-electron chi connectivity index (χ0n) is 9.91. The highest BCUT2D eigenvalue weighted by molar-refractivity contribution is 6.02. The molecule has 1 aromatic carbocycles. The van der Waals surface area contributed by atoms with E-state index in [1.807, 2.05) is 0 Å². The van der Waals surface area contributed by atoms with E-state index in [9.17, 15) is 14.7 Å². The Bertz CT molecular complexity index is 426. The van der Waals surface area contributed by atoms with E-state index in [4.69, 9.17) is 4.74 Å². The third kappa shape index (κ3) is 2.68. The van der Waals surface area contributed by atoms with Gasteiger partial charge in [0, 0.05) is 13.1 Å². The molecule has 0 aliphatic carbocycles. The molecule has 5 nitrogen and oxygen atoms in total. The van der Waals surface area contributed by atoms with Crippen molar-refractivity contribution < 1.29 is 19.4 Å². The van der Waals surface area contributed by atoms with E-state index >= 15 is 0 Å². The molecule has 1 N–H and O–H groups in total. The Labute approximate surface area is 105 Å². The Hall–Kier alpha value is -1.88. The predicted molar refractivity (Wildman–Crippen MR) is 64.2 cm³/mol. The van der Waals surface area contributed by atoms with Crippen molar-refractivity contribution in [1.82, 2.24) is 4.90 Å². The molecule has 1 heterocycles. The first-order chi connectivity index (χ1) is 8.70. The number of amides is 1. The number of aliphatic carboxylic acids is 1. The van der Waals surface area contributed by atoms with Gasteiger partial charge in [-0.15, -0.1) is 0 Å². The Kier molecular flexibility index (Phi) is 3.94. The molecule has 1 amide bonds. The van der Waals surface area contributed by atoms with Gasteiger partial charge in [0.25, 0.3) is 0 Å². The predicted octanol–water partition coefficient (Wildman–Crippen LogP) is 0.714. The first kappa shape index (κ1) is 12.6. The molecule has 1 aromatic rings. The van der Waals surface area contributed by atoms with Crippen LogP contribution in [-0.2, 0) is 14.3 Å². The van der Waals surface area contributed by atoms with Crippen molar-refractivity contribution >= 4 is 11.9 Å². The fourth-order valence-corrected chi connectivity index (χ4v) is 2.00. The molecule has 0 spiro atoms. The molecule has 2 rings (SSSR count). The quantitative estimate of drug-likeness (QED) is 0.801. The maximum atomic E-state index is 12.2. The van der Waals surface area contributed by atoms with Crippen molar-refractivity contribution in [3.63, 3.8) is 0 Å². The number of hydrogen-bond donors (Lipinski definition) is 1. The summed E-state index contributed by atoms with van der Waals surface area (Å²) < 4.78 is 5.15. The molecule has 1 atom stereocenters. The zero-order valence-corrected chi connectivity index (χ0v) is 9.91. The van der Waals surface area contributed by atoms with E-state index < -0.39 is 11.9 Å². The van der Waals surface area contributed by atoms with Gasteiger partial charge in [0.1, 0.15) is 0 Å². The topological polar surface area (TPSA) is 66.8 Å². The number of carboxylic acid groups (broad SMARTS) is 1. The molecular formula is C13H15NO4. The van der Waals surface area contributed by atoms with Gasteiger partial charge in [-0.1, -0.05) is 30.3 Å². The van der Waals surface area contributed by atoms with Crippen LogP contribution in [0.2, 0.25) is 0 Å². The normalized spacial score (nSPS) is 17.2. The lowest BCUT2D eigenvalue weighted by Gasteiger charge is -2.29. The van der Waals surface area contributed by atoms with E-state index in [0.29, 0.717) is 31.9 Å². The van der Waals surface area contributed by atoms with Crippen molar-refractivity contribution in [2.24, 2.45) is 0 Å². The Morgan fingerprint density at radius 2 is 1.78 bits per heavy atom. The number of carbonyl (C=O) groups excluding carboxylic acids is 1. The summed E-state index contributed by atoms with van der Waals surface area (Å²) in [6.45, 7) is 1.84. The Balaban J connectivity index is 2.20. The lowest BCUT2D eigenvalue weighted by Crippen LogP contribution is -2.44. The van der Waals surface area contributed by atoms with Crippen LogP contribution in [0.4, 0.5) is 0 Å². The van der Waals surface area contributed by atoms with E-state index in [1.165, 1.54) is 0 Å². The van der Waals surface area contributed by atoms with Crippen LogP contribution in [0.5, 0.6) is 0 Å². The molecular weight excluding hydrogens is 234 g/mol. The summed E-state index contributed by atoms with van der Waals surface area (Å²) in [5, 5.41) is 9.25. The van der Waals surface area contributed by atoms with E-state index in [2.05, 4.69) is 0 Å². The van der Waals surface area contributed by atoms with Crippen molar-refractivity contribution in [2.75, 3.05) is 26.3 Å². The molecule has 1 saturated heterocycles. The van der Waals surface area contributed by atoms with Crippen LogP contribution in [-0.4, -0.2) is 48.2 Å². The highest BCUT2D eigenvalue weighted by Crippen LogP contribution is 2.19. The summed E-state index contributed by atoms with van der Waals surface area (Å²) in [4.78, 5) is 25.1. The first-order valence-electron chi connectivity index (χ1n) is 5.84. The lowest BCUT2D eigenvalue weighted by molar-refractivity contribution is -0.148. The second kappa shape index (κ2) is 5.64. The second-order valence-electron chi connectivity index (χ2n) is 4.12. The monoisotopic (exact) mass is 249 g/mol. The molecule has 0 unspecified atom stereocenters. The van der Waals surface area contributed by atoms with E-state index in [-0.39, 0.29) is 5.91 Å². The number of morpholine rings is 1. The summed E-state index contributed by atoms with van der Waals surface area (Å²) in [5.41, 5.74) is 0.515. The van der Waals surface area contributed by atoms with Gasteiger partial charge in [0.15, 0.2) is 5.92 Å². The smallest absolute Gasteiger partial charge is 0.320 e. The number of nitrogens with zero attached hydrogens (tertiary/aromatic N) is 1. The summed E-state index contributed by atoms with van der Waals surface area (Å²) in [6, 6.07) is 8.59. The number of rotatable bonds is 3. The third-order valence-corrected chi connectivity index (χ3v) is 2.95. The molecule has 1 aliphatic heterocycles. The van der Waals surface area contributed by atoms with Gasteiger partial charge >= 0.3 is 5.97 Å². The molecule has 5 heteroatoms. The summed E-state index contributed by atoms with van der Waals surface area (Å²) in [6.07, 6.45) is 0. The van der Waals surface area contributed by atoms with Gasteiger partial charge in [-0.25, -0.2) is 0 Å². The highest BCUT2D eigenvalue weighted by atomic mass is 16.5. The molecule has 0 aromatic heterocycles. The molecule has 96 valence electrons. The fraction of sp³-hybridized carbons (Fsp3) is 0.385. The number of benzene rings is 1. The number of ether oxygens (including phenoxy) is 1. The summed E-state index contributed by atoms with van der Waals surface area (Å²) in [7, 11) is 0. The third-order valence-electron chi connectivity index (χ3n) is 2.95. The van der Waals surface area contributed by atoms with Gasteiger partial charge in [-0.05, 0) is 5.56 Å². The van der Waals surface area contributed by atoms with Gasteiger partial charge in [0.2, 0.25) is 5.91 Å². The SMILES string of the molecule is O=C(O)[C@H](C(=O)N1CCOCC1)c1ccccc1. The fourth-order valence-electron chi connectivity index (χ4n) is 2.00. The molecule has 18 heavy (non-hydrogen) atoms. The van der Waals surface area contributed by atoms with Crippen molar-refractivity contribution in [3.8, 4) is 0 Å². The highest BCUT2D eigenvalue weighted by Gasteiger charge is 2.32. The van der Waals surface area contributed by atoms with Gasteiger partial charge in [0.05, 0.1) is 13.2 Å². The molecule has 0 radical (unpaired) electrons. The molecule has 1 aliphatic rings. The Morgan fingerprint density at radius 3 is 2.33 bits per heavy atom. The second-order valence-corrected chi connectivity index (χ2v) is 4.12. The number of carbonyl (C=O) groups is 2. The lowest BCUT2D eigenvalue weighted by atomic mass is 9.97. The van der Waals surface area contributed by atoms with E-state index in [1.54, 1.807) is 35.2 Å². The zero-order chi connectivity index (χ0) is 13.0. The van der Waals surface area contributed by atoms with Gasteiger partial charge in [-0.3, -0.25) is 9.59 Å². The van der Waals surface area contributed by atoms with Crippen LogP contribution in [0.3, 0.4) is 0 Å². The van der Waals surface area contributed by atoms with Crippen molar-refractivity contribution in [1.29, 1.82) is 0 Å². The molecule has 0 bridgehead atoms. The minimum atomic E-state index is -1.12. The Morgan fingerprint density at radius 1 is 1.17 bits per heavy atom. The number of carboxylic acids is 1. The summed E-state index contributed by atoms with van der Waals surface area (Å²) in [5.74, 6) is -2.60. The standard InChI is InChI=1S/C13H15NO4/c15-12(14-6-8-18-9-7-14)11(13(16)17)10-4-2-1-3-5-10/h1-5,11H,6-9H2,(H,16,17)/t11-/m0/s1. The van der Waals surface area contributed by atoms with Crippen LogP contribution in [0.15, 0.2) is 30.3 Å². The van der Waals surface area contributed by atoms with Gasteiger partial charge in [-0.2, -0.15) is 0 Å². The largest absolute Gasteiger partial charge is 0.480 e. The van der Waals surface area contributed by atoms with Crippen LogP contribution in [0.1, 0.15) is 11.5 Å². The molecule has 1 fully saturated rings. The van der Waals surface area contributed by atoms with Crippen LogP contribution >= 0.6 is 0 Å².